The number of ether oxygens (including phenoxy) is 5. The summed E-state index contributed by atoms with van der Waals surface area (Å²) in [5.74, 6) is -0.697. The number of hydrogen-bond donors (Lipinski definition) is 1. The first-order chi connectivity index (χ1) is 17.8. The molecule has 5 atom stereocenters. The van der Waals surface area contributed by atoms with E-state index in [2.05, 4.69) is 16.6 Å². The van der Waals surface area contributed by atoms with Crippen molar-refractivity contribution in [1.82, 2.24) is 0 Å². The number of benzene rings is 2. The van der Waals surface area contributed by atoms with Gasteiger partial charge >= 0.3 is 0 Å². The fourth-order valence-corrected chi connectivity index (χ4v) is 3.83. The van der Waals surface area contributed by atoms with Gasteiger partial charge in [-0.2, -0.15) is 0 Å². The van der Waals surface area contributed by atoms with Crippen LogP contribution in [-0.2, 0) is 36.9 Å². The molecule has 0 amide bonds. The number of rotatable bonds is 12. The Morgan fingerprint density at radius 3 is 2.22 bits per heavy atom. The van der Waals surface area contributed by atoms with Crippen LogP contribution in [0.4, 0.5) is 0 Å². The summed E-state index contributed by atoms with van der Waals surface area (Å²) in [6.45, 7) is 4.46. The zero-order chi connectivity index (χ0) is 26.7. The van der Waals surface area contributed by atoms with Gasteiger partial charge in [-0.25, -0.2) is 0 Å². The molecule has 198 valence electrons. The second kappa shape index (κ2) is 14.6. The third-order valence-electron chi connectivity index (χ3n) is 5.38. The van der Waals surface area contributed by atoms with Gasteiger partial charge in [-0.15, -0.1) is 6.58 Å². The number of nitrogens with zero attached hydrogens (tertiary/aromatic N) is 3. The van der Waals surface area contributed by atoms with Crippen LogP contribution in [-0.4, -0.2) is 53.5 Å². The van der Waals surface area contributed by atoms with E-state index in [1.54, 1.807) is 6.08 Å². The lowest BCUT2D eigenvalue weighted by atomic mass is 9.96. The van der Waals surface area contributed by atoms with Crippen LogP contribution in [0, 0.1) is 5.41 Å². The van der Waals surface area contributed by atoms with Crippen molar-refractivity contribution in [3.8, 4) is 0 Å². The molecule has 0 bridgehead atoms. The predicted molar refractivity (Wildman–Crippen MR) is 142 cm³/mol. The van der Waals surface area contributed by atoms with E-state index in [9.17, 15) is 5.53 Å². The van der Waals surface area contributed by atoms with Gasteiger partial charge < -0.3 is 23.7 Å². The van der Waals surface area contributed by atoms with Crippen molar-refractivity contribution >= 4 is 40.7 Å². The summed E-state index contributed by atoms with van der Waals surface area (Å²) in [5.41, 5.74) is 11.2. The summed E-state index contributed by atoms with van der Waals surface area (Å²) >= 11 is 17.5. The minimum atomic E-state index is -2.15. The van der Waals surface area contributed by atoms with E-state index in [1.165, 1.54) is 0 Å². The lowest BCUT2D eigenvalue weighted by Gasteiger charge is -2.44. The third kappa shape index (κ3) is 8.88. The van der Waals surface area contributed by atoms with Crippen molar-refractivity contribution in [2.75, 3.05) is 13.2 Å². The lowest BCUT2D eigenvalue weighted by molar-refractivity contribution is -0.265. The highest BCUT2D eigenvalue weighted by Crippen LogP contribution is 2.34. The molecule has 1 fully saturated rings. The van der Waals surface area contributed by atoms with Gasteiger partial charge in [-0.1, -0.05) is 107 Å². The molecular formula is C25H27Cl3N4O5. The molecule has 0 saturated carbocycles. The van der Waals surface area contributed by atoms with E-state index in [-0.39, 0.29) is 19.8 Å². The second-order valence-electron chi connectivity index (χ2n) is 8.03. The highest BCUT2D eigenvalue weighted by atomic mass is 35.6. The van der Waals surface area contributed by atoms with Gasteiger partial charge in [-0.05, 0) is 16.7 Å². The summed E-state index contributed by atoms with van der Waals surface area (Å²) in [4.78, 5) is 2.93. The molecule has 0 spiro atoms. The first-order valence-corrected chi connectivity index (χ1v) is 12.5. The molecule has 3 rings (SSSR count). The average molecular weight is 570 g/mol. The van der Waals surface area contributed by atoms with Crippen molar-refractivity contribution in [1.29, 1.82) is 5.41 Å². The Balaban J connectivity index is 1.88. The Labute approximate surface area is 230 Å². The molecule has 9 nitrogen and oxygen atoms in total. The molecule has 0 unspecified atom stereocenters. The summed E-state index contributed by atoms with van der Waals surface area (Å²) in [6.07, 6.45) is -2.07. The number of alkyl halides is 3. The molecule has 0 radical (unpaired) electrons. The fraction of sp³-hybridized carbons (Fsp3) is 0.400. The molecule has 1 aliphatic heterocycles. The number of nitrogens with one attached hydrogen (secondary N) is 1. The number of azide groups is 1. The monoisotopic (exact) mass is 568 g/mol. The normalized spacial score (nSPS) is 23.6. The van der Waals surface area contributed by atoms with Crippen molar-refractivity contribution in [3.05, 3.63) is 94.9 Å². The minimum Gasteiger partial charge on any atom is -0.448 e. The highest BCUT2D eigenvalue weighted by molar-refractivity contribution is 6.76. The van der Waals surface area contributed by atoms with Gasteiger partial charge in [-0.3, -0.25) is 5.41 Å². The topological polar surface area (TPSA) is 119 Å². The average Bonchev–Trinajstić information content (AvgIpc) is 2.89. The van der Waals surface area contributed by atoms with E-state index < -0.39 is 40.3 Å². The van der Waals surface area contributed by atoms with Crippen LogP contribution in [0.3, 0.4) is 0 Å². The summed E-state index contributed by atoms with van der Waals surface area (Å²) in [5, 5.41) is 11.9. The Kier molecular flexibility index (Phi) is 11.5. The van der Waals surface area contributed by atoms with Crippen LogP contribution < -0.4 is 0 Å². The zero-order valence-electron chi connectivity index (χ0n) is 19.8. The molecule has 1 heterocycles. The molecule has 1 saturated heterocycles. The van der Waals surface area contributed by atoms with E-state index in [0.717, 1.165) is 11.1 Å². The molecule has 1 aliphatic rings. The molecule has 0 aliphatic carbocycles. The Morgan fingerprint density at radius 2 is 1.65 bits per heavy atom. The van der Waals surface area contributed by atoms with E-state index in [0.29, 0.717) is 6.61 Å². The van der Waals surface area contributed by atoms with Crippen LogP contribution in [0.25, 0.3) is 10.4 Å². The Hall–Kier alpha value is -2.33. The van der Waals surface area contributed by atoms with Gasteiger partial charge in [0.05, 0.1) is 26.4 Å². The maximum Gasteiger partial charge on any atom is 0.265 e. The fourth-order valence-electron chi connectivity index (χ4n) is 3.69. The zero-order valence-corrected chi connectivity index (χ0v) is 22.1. The SMILES string of the molecule is C=CCO[C@H]1[C@H](OCc2ccccc2)[C@@H](N=[N+]=[N-])[C@H](OC(=N)C(Cl)(Cl)Cl)O[C@@H]1COCc1ccccc1. The molecule has 12 heteroatoms. The second-order valence-corrected chi connectivity index (χ2v) is 10.3. The van der Waals surface area contributed by atoms with Crippen LogP contribution >= 0.6 is 34.8 Å². The van der Waals surface area contributed by atoms with E-state index in [1.807, 2.05) is 60.7 Å². The number of hydrogen-bond acceptors (Lipinski definition) is 7. The van der Waals surface area contributed by atoms with Crippen LogP contribution in [0.1, 0.15) is 11.1 Å². The van der Waals surface area contributed by atoms with Crippen molar-refractivity contribution in [2.24, 2.45) is 5.11 Å². The van der Waals surface area contributed by atoms with Crippen LogP contribution in [0.5, 0.6) is 0 Å². The quantitative estimate of drug-likeness (QED) is 0.0627. The summed E-state index contributed by atoms with van der Waals surface area (Å²) in [6, 6.07) is 18.0. The minimum absolute atomic E-state index is 0.0752. The first kappa shape index (κ1) is 29.2. The first-order valence-electron chi connectivity index (χ1n) is 11.3. The van der Waals surface area contributed by atoms with Gasteiger partial charge in [0, 0.05) is 4.91 Å². The molecule has 37 heavy (non-hydrogen) atoms. The summed E-state index contributed by atoms with van der Waals surface area (Å²) in [7, 11) is 0. The maximum atomic E-state index is 9.31. The standard InChI is InChI=1S/C25H27Cl3N4O5/c1-2-13-34-21-19(16-33-14-17-9-5-3-6-10-17)36-23(37-24(29)25(26,27)28)20(31-32-30)22(21)35-15-18-11-7-4-8-12-18/h2-12,19-23,29H,1,13-16H2/t19-,20-,21-,22-,23+/m1/s1. The third-order valence-corrected chi connectivity index (χ3v) is 5.89. The van der Waals surface area contributed by atoms with E-state index in [4.69, 9.17) is 63.9 Å². The Morgan fingerprint density at radius 1 is 1.03 bits per heavy atom. The molecule has 2 aromatic rings. The van der Waals surface area contributed by atoms with Gasteiger partial charge in [0.25, 0.3) is 3.79 Å². The van der Waals surface area contributed by atoms with Crippen LogP contribution in [0.2, 0.25) is 0 Å². The lowest BCUT2D eigenvalue weighted by Crippen LogP contribution is -2.61. The molecule has 2 aromatic carbocycles. The van der Waals surface area contributed by atoms with Gasteiger partial charge in [0.2, 0.25) is 12.2 Å². The maximum absolute atomic E-state index is 9.31. The van der Waals surface area contributed by atoms with Gasteiger partial charge in [0.15, 0.2) is 0 Å². The smallest absolute Gasteiger partial charge is 0.265 e. The highest BCUT2D eigenvalue weighted by Gasteiger charge is 2.49. The van der Waals surface area contributed by atoms with E-state index >= 15 is 0 Å². The number of halogens is 3. The molecule has 0 aromatic heterocycles. The molecular weight excluding hydrogens is 543 g/mol. The van der Waals surface area contributed by atoms with Crippen LogP contribution in [0.15, 0.2) is 78.4 Å². The Bertz CT molecular complexity index is 1050. The van der Waals surface area contributed by atoms with Gasteiger partial charge in [0.1, 0.15) is 24.4 Å². The van der Waals surface area contributed by atoms with Crippen molar-refractivity contribution < 1.29 is 23.7 Å². The van der Waals surface area contributed by atoms with Crippen molar-refractivity contribution in [2.45, 2.75) is 47.7 Å². The predicted octanol–water partition coefficient (Wildman–Crippen LogP) is 6.13. The largest absolute Gasteiger partial charge is 0.448 e. The molecule has 1 N–H and O–H groups in total. The van der Waals surface area contributed by atoms with Crippen molar-refractivity contribution in [3.63, 3.8) is 0 Å². The summed E-state index contributed by atoms with van der Waals surface area (Å²) < 4.78 is 27.6.